The molecule has 94 valence electrons. The fourth-order valence-electron chi connectivity index (χ4n) is 1.08. The normalized spacial score (nSPS) is 13.2. The van der Waals surface area contributed by atoms with Crippen molar-refractivity contribution in [3.05, 3.63) is 23.2 Å². The fourth-order valence-corrected chi connectivity index (χ4v) is 1.89. The number of amides is 1. The first kappa shape index (κ1) is 14.0. The maximum absolute atomic E-state index is 11.4. The highest BCUT2D eigenvalue weighted by molar-refractivity contribution is 7.90. The van der Waals surface area contributed by atoms with Gasteiger partial charge < -0.3 is 11.1 Å². The summed E-state index contributed by atoms with van der Waals surface area (Å²) in [5.74, 6) is -0.433. The molecule has 0 bridgehead atoms. The van der Waals surface area contributed by atoms with Gasteiger partial charge in [-0.2, -0.15) is 0 Å². The molecule has 7 heteroatoms. The van der Waals surface area contributed by atoms with Gasteiger partial charge in [0.15, 0.2) is 9.84 Å². The van der Waals surface area contributed by atoms with E-state index in [-0.39, 0.29) is 15.6 Å². The Balaban J connectivity index is 3.12. The van der Waals surface area contributed by atoms with Gasteiger partial charge in [-0.05, 0) is 25.1 Å². The second-order valence-corrected chi connectivity index (χ2v) is 6.11. The number of rotatable bonds is 3. The van der Waals surface area contributed by atoms with Crippen LogP contribution in [0.3, 0.4) is 0 Å². The quantitative estimate of drug-likeness (QED) is 0.863. The summed E-state index contributed by atoms with van der Waals surface area (Å²) >= 11 is 5.84. The van der Waals surface area contributed by atoms with Crippen molar-refractivity contribution in [2.75, 3.05) is 11.6 Å². The number of halogens is 1. The standard InChI is InChI=1S/C10H13ClN2O3S/c1-6(12)10(14)13-9-5-7(17(2,15)16)3-4-8(9)11/h3-6H,12H2,1-2H3,(H,13,14)/t6-/m0/s1. The van der Waals surface area contributed by atoms with Crippen LogP contribution in [-0.2, 0) is 14.6 Å². The Bertz CT molecular complexity index is 540. The van der Waals surface area contributed by atoms with Crippen LogP contribution in [0.2, 0.25) is 5.02 Å². The van der Waals surface area contributed by atoms with Gasteiger partial charge in [0.05, 0.1) is 21.6 Å². The number of carbonyl (C=O) groups is 1. The molecule has 0 heterocycles. The Hall–Kier alpha value is -1.11. The molecule has 5 nitrogen and oxygen atoms in total. The minimum absolute atomic E-state index is 0.0851. The predicted octanol–water partition coefficient (Wildman–Crippen LogP) is 1.03. The summed E-state index contributed by atoms with van der Waals surface area (Å²) in [7, 11) is -3.34. The third-order valence-corrected chi connectivity index (χ3v) is 3.48. The van der Waals surface area contributed by atoms with Gasteiger partial charge in [0.1, 0.15) is 0 Å². The van der Waals surface area contributed by atoms with E-state index in [0.717, 1.165) is 6.26 Å². The summed E-state index contributed by atoms with van der Waals surface area (Å²) in [5.41, 5.74) is 5.62. The zero-order valence-electron chi connectivity index (χ0n) is 9.40. The van der Waals surface area contributed by atoms with Crippen molar-refractivity contribution in [2.24, 2.45) is 5.73 Å². The van der Waals surface area contributed by atoms with Gasteiger partial charge in [-0.25, -0.2) is 8.42 Å². The van der Waals surface area contributed by atoms with Crippen molar-refractivity contribution in [2.45, 2.75) is 17.9 Å². The Morgan fingerprint density at radius 1 is 1.47 bits per heavy atom. The van der Waals surface area contributed by atoms with Crippen molar-refractivity contribution in [1.29, 1.82) is 0 Å². The van der Waals surface area contributed by atoms with Crippen LogP contribution in [0.25, 0.3) is 0 Å². The maximum Gasteiger partial charge on any atom is 0.241 e. The van der Waals surface area contributed by atoms with E-state index in [1.807, 2.05) is 0 Å². The molecule has 3 N–H and O–H groups in total. The monoisotopic (exact) mass is 276 g/mol. The van der Waals surface area contributed by atoms with E-state index < -0.39 is 21.8 Å². The van der Waals surface area contributed by atoms with Crippen molar-refractivity contribution >= 4 is 33.0 Å². The third kappa shape index (κ3) is 3.69. The molecule has 0 spiro atoms. The Labute approximate surface area is 105 Å². The first-order valence-electron chi connectivity index (χ1n) is 4.78. The highest BCUT2D eigenvalue weighted by atomic mass is 35.5. The second kappa shape index (κ2) is 5.03. The number of benzene rings is 1. The highest BCUT2D eigenvalue weighted by Gasteiger charge is 2.13. The molecular weight excluding hydrogens is 264 g/mol. The van der Waals surface area contributed by atoms with E-state index in [0.29, 0.717) is 0 Å². The smallest absolute Gasteiger partial charge is 0.241 e. The summed E-state index contributed by atoms with van der Waals surface area (Å²) in [4.78, 5) is 11.5. The lowest BCUT2D eigenvalue weighted by Crippen LogP contribution is -2.32. The molecule has 0 aromatic heterocycles. The third-order valence-electron chi connectivity index (χ3n) is 2.04. The van der Waals surface area contributed by atoms with Crippen molar-refractivity contribution in [3.63, 3.8) is 0 Å². The number of anilines is 1. The molecule has 0 unspecified atom stereocenters. The summed E-state index contributed by atoms with van der Waals surface area (Å²) in [6.07, 6.45) is 1.08. The molecule has 0 aliphatic rings. The number of hydrogen-bond acceptors (Lipinski definition) is 4. The number of carbonyl (C=O) groups excluding carboxylic acids is 1. The van der Waals surface area contributed by atoms with Gasteiger partial charge in [-0.15, -0.1) is 0 Å². The minimum Gasteiger partial charge on any atom is -0.323 e. The molecule has 0 saturated heterocycles. The van der Waals surface area contributed by atoms with E-state index in [2.05, 4.69) is 5.32 Å². The van der Waals surface area contributed by atoms with E-state index >= 15 is 0 Å². The van der Waals surface area contributed by atoms with Crippen LogP contribution in [0.1, 0.15) is 6.92 Å². The molecule has 0 saturated carbocycles. The first-order chi connectivity index (χ1) is 7.71. The molecule has 1 amide bonds. The van der Waals surface area contributed by atoms with Crippen LogP contribution in [-0.4, -0.2) is 26.6 Å². The molecular formula is C10H13ClN2O3S. The van der Waals surface area contributed by atoms with E-state index in [1.54, 1.807) is 0 Å². The topological polar surface area (TPSA) is 89.3 Å². The molecule has 1 atom stereocenters. The zero-order valence-corrected chi connectivity index (χ0v) is 11.0. The van der Waals surface area contributed by atoms with Crippen LogP contribution in [0.5, 0.6) is 0 Å². The Morgan fingerprint density at radius 3 is 2.53 bits per heavy atom. The van der Waals surface area contributed by atoms with Crippen molar-refractivity contribution in [3.8, 4) is 0 Å². The van der Waals surface area contributed by atoms with Crippen LogP contribution in [0, 0.1) is 0 Å². The van der Waals surface area contributed by atoms with Gasteiger partial charge in [0, 0.05) is 6.26 Å². The first-order valence-corrected chi connectivity index (χ1v) is 7.05. The molecule has 0 fully saturated rings. The van der Waals surface area contributed by atoms with Crippen molar-refractivity contribution < 1.29 is 13.2 Å². The van der Waals surface area contributed by atoms with Gasteiger partial charge in [-0.3, -0.25) is 4.79 Å². The van der Waals surface area contributed by atoms with Crippen LogP contribution in [0.15, 0.2) is 23.1 Å². The van der Waals surface area contributed by atoms with Gasteiger partial charge in [0.2, 0.25) is 5.91 Å². The van der Waals surface area contributed by atoms with E-state index in [4.69, 9.17) is 17.3 Å². The molecule has 1 aromatic carbocycles. The van der Waals surface area contributed by atoms with Crippen LogP contribution in [0.4, 0.5) is 5.69 Å². The maximum atomic E-state index is 11.4. The van der Waals surface area contributed by atoms with E-state index in [9.17, 15) is 13.2 Å². The average Bonchev–Trinajstić information content (AvgIpc) is 2.19. The van der Waals surface area contributed by atoms with Crippen molar-refractivity contribution in [1.82, 2.24) is 0 Å². The molecule has 0 aliphatic carbocycles. The molecule has 1 aromatic rings. The van der Waals surface area contributed by atoms with Gasteiger partial charge in [-0.1, -0.05) is 11.6 Å². The van der Waals surface area contributed by atoms with Crippen LogP contribution < -0.4 is 11.1 Å². The Kier molecular flexibility index (Phi) is 4.13. The molecule has 17 heavy (non-hydrogen) atoms. The van der Waals surface area contributed by atoms with Crippen LogP contribution >= 0.6 is 11.6 Å². The highest BCUT2D eigenvalue weighted by Crippen LogP contribution is 2.25. The van der Waals surface area contributed by atoms with E-state index in [1.165, 1.54) is 25.1 Å². The molecule has 0 radical (unpaired) electrons. The zero-order chi connectivity index (χ0) is 13.2. The summed E-state index contributed by atoms with van der Waals surface area (Å²) in [6, 6.07) is 3.39. The fraction of sp³-hybridized carbons (Fsp3) is 0.300. The number of sulfone groups is 1. The lowest BCUT2D eigenvalue weighted by Gasteiger charge is -2.10. The lowest BCUT2D eigenvalue weighted by atomic mass is 10.3. The largest absolute Gasteiger partial charge is 0.323 e. The SMILES string of the molecule is C[C@H](N)C(=O)Nc1cc(S(C)(=O)=O)ccc1Cl. The summed E-state index contributed by atoms with van der Waals surface area (Å²) in [6.45, 7) is 1.52. The second-order valence-electron chi connectivity index (χ2n) is 3.69. The Morgan fingerprint density at radius 2 is 2.06 bits per heavy atom. The summed E-state index contributed by atoms with van der Waals surface area (Å²) < 4.78 is 22.7. The lowest BCUT2D eigenvalue weighted by molar-refractivity contribution is -0.117. The van der Waals surface area contributed by atoms with Gasteiger partial charge in [0.25, 0.3) is 0 Å². The average molecular weight is 277 g/mol. The molecule has 1 rings (SSSR count). The predicted molar refractivity (Wildman–Crippen MR) is 66.8 cm³/mol. The number of nitrogens with two attached hydrogens (primary N) is 1. The number of nitrogens with one attached hydrogen (secondary N) is 1. The van der Waals surface area contributed by atoms with Gasteiger partial charge >= 0.3 is 0 Å². The minimum atomic E-state index is -3.34. The molecule has 0 aliphatic heterocycles. The number of hydrogen-bond donors (Lipinski definition) is 2. The summed E-state index contributed by atoms with van der Waals surface area (Å²) in [5, 5.41) is 2.72.